The molecule has 0 amide bonds. The molecule has 3 aromatic rings. The van der Waals surface area contributed by atoms with Gasteiger partial charge in [0, 0.05) is 10.6 Å². The summed E-state index contributed by atoms with van der Waals surface area (Å²) in [6.07, 6.45) is 3.28. The second kappa shape index (κ2) is 9.03. The third kappa shape index (κ3) is 4.99. The maximum atomic E-state index is 12.7. The van der Waals surface area contributed by atoms with Gasteiger partial charge in [-0.1, -0.05) is 55.3 Å². The lowest BCUT2D eigenvalue weighted by molar-refractivity contribution is 0.299. The van der Waals surface area contributed by atoms with Crippen LogP contribution in [-0.4, -0.2) is 25.0 Å². The number of aromatic nitrogens is 2. The molecule has 6 nitrogen and oxygen atoms in total. The summed E-state index contributed by atoms with van der Waals surface area (Å²) >= 11 is 5.84. The summed E-state index contributed by atoms with van der Waals surface area (Å²) in [5.74, 6) is 0.193. The minimum Gasteiger partial charge on any atom is -0.475 e. The predicted molar refractivity (Wildman–Crippen MR) is 110 cm³/mol. The highest BCUT2D eigenvalue weighted by atomic mass is 35.5. The topological polar surface area (TPSA) is 81.2 Å². The molecule has 2 aromatic carbocycles. The Kier molecular flexibility index (Phi) is 6.49. The Bertz CT molecular complexity index is 1030. The van der Waals surface area contributed by atoms with Crippen molar-refractivity contribution in [2.75, 3.05) is 11.3 Å². The molecule has 0 saturated heterocycles. The molecule has 0 aliphatic heterocycles. The molecule has 0 saturated carbocycles. The number of sulfonamides is 1. The van der Waals surface area contributed by atoms with E-state index >= 15 is 0 Å². The Morgan fingerprint density at radius 3 is 2.46 bits per heavy atom. The van der Waals surface area contributed by atoms with E-state index in [-0.39, 0.29) is 16.6 Å². The van der Waals surface area contributed by atoms with E-state index in [9.17, 15) is 8.42 Å². The van der Waals surface area contributed by atoms with Crippen LogP contribution in [0.5, 0.6) is 5.88 Å². The zero-order valence-electron chi connectivity index (χ0n) is 15.3. The Morgan fingerprint density at radius 1 is 1.07 bits per heavy atom. The van der Waals surface area contributed by atoms with Crippen molar-refractivity contribution in [2.24, 2.45) is 0 Å². The first-order valence-electron chi connectivity index (χ1n) is 8.83. The van der Waals surface area contributed by atoms with Crippen LogP contribution in [0.4, 0.5) is 5.82 Å². The predicted octanol–water partition coefficient (Wildman–Crippen LogP) is 4.78. The van der Waals surface area contributed by atoms with Crippen LogP contribution in [-0.2, 0) is 10.0 Å². The Hall–Kier alpha value is -2.64. The van der Waals surface area contributed by atoms with Gasteiger partial charge >= 0.3 is 0 Å². The molecule has 28 heavy (non-hydrogen) atoms. The molecular weight excluding hydrogens is 398 g/mol. The van der Waals surface area contributed by atoms with Crippen molar-refractivity contribution in [2.45, 2.75) is 24.7 Å². The summed E-state index contributed by atoms with van der Waals surface area (Å²) in [5.41, 5.74) is 1.46. The molecule has 0 bridgehead atoms. The number of ether oxygens (including phenoxy) is 1. The largest absolute Gasteiger partial charge is 0.475 e. The van der Waals surface area contributed by atoms with Crippen molar-refractivity contribution in [1.29, 1.82) is 0 Å². The van der Waals surface area contributed by atoms with Crippen LogP contribution < -0.4 is 9.46 Å². The van der Waals surface area contributed by atoms with E-state index < -0.39 is 10.0 Å². The summed E-state index contributed by atoms with van der Waals surface area (Å²) in [6.45, 7) is 2.46. The Labute approximate surface area is 169 Å². The molecule has 0 radical (unpaired) electrons. The molecule has 1 N–H and O–H groups in total. The fourth-order valence-electron chi connectivity index (χ4n) is 2.40. The summed E-state index contributed by atoms with van der Waals surface area (Å²) in [4.78, 5) is 8.81. The third-order valence-corrected chi connectivity index (χ3v) is 5.51. The molecular formula is C20H20ClN3O3S. The van der Waals surface area contributed by atoms with Crippen LogP contribution in [0, 0.1) is 0 Å². The normalized spacial score (nSPS) is 11.2. The van der Waals surface area contributed by atoms with Crippen molar-refractivity contribution in [3.63, 3.8) is 0 Å². The second-order valence-corrected chi connectivity index (χ2v) is 8.16. The van der Waals surface area contributed by atoms with Gasteiger partial charge < -0.3 is 4.74 Å². The van der Waals surface area contributed by atoms with Gasteiger partial charge in [-0.05, 0) is 30.7 Å². The van der Waals surface area contributed by atoms with Crippen molar-refractivity contribution in [1.82, 2.24) is 9.97 Å². The van der Waals surface area contributed by atoms with Crippen LogP contribution in [0.2, 0.25) is 5.02 Å². The molecule has 0 atom stereocenters. The quantitative estimate of drug-likeness (QED) is 0.533. The van der Waals surface area contributed by atoms with E-state index in [1.807, 2.05) is 37.3 Å². The van der Waals surface area contributed by atoms with Gasteiger partial charge in [0.2, 0.25) is 5.82 Å². The minimum atomic E-state index is -3.85. The third-order valence-electron chi connectivity index (χ3n) is 3.90. The van der Waals surface area contributed by atoms with Gasteiger partial charge in [-0.2, -0.15) is 0 Å². The van der Waals surface area contributed by atoms with Crippen LogP contribution in [0.15, 0.2) is 65.7 Å². The van der Waals surface area contributed by atoms with Gasteiger partial charge in [0.1, 0.15) is 0 Å². The number of rotatable bonds is 8. The standard InChI is InChI=1S/C20H20ClN3O3S/c1-2-3-13-27-20-19(22-14-18(23-20)15-7-5-4-6-8-15)24-28(25,26)17-11-9-16(21)10-12-17/h4-12,14H,2-3,13H2,1H3,(H,22,24). The van der Waals surface area contributed by atoms with Gasteiger partial charge in [-0.3, -0.25) is 4.72 Å². The number of benzene rings is 2. The van der Waals surface area contributed by atoms with Gasteiger partial charge in [-0.25, -0.2) is 18.4 Å². The Morgan fingerprint density at radius 2 is 1.79 bits per heavy atom. The number of anilines is 1. The molecule has 8 heteroatoms. The highest BCUT2D eigenvalue weighted by molar-refractivity contribution is 7.92. The van der Waals surface area contributed by atoms with E-state index in [1.165, 1.54) is 30.5 Å². The fourth-order valence-corrected chi connectivity index (χ4v) is 3.54. The van der Waals surface area contributed by atoms with Crippen LogP contribution >= 0.6 is 11.6 Å². The van der Waals surface area contributed by atoms with Crippen molar-refractivity contribution in [3.05, 3.63) is 65.8 Å². The fraction of sp³-hybridized carbons (Fsp3) is 0.200. The maximum absolute atomic E-state index is 12.7. The highest BCUT2D eigenvalue weighted by Crippen LogP contribution is 2.27. The zero-order valence-corrected chi connectivity index (χ0v) is 16.9. The second-order valence-electron chi connectivity index (χ2n) is 6.04. The first kappa shape index (κ1) is 20.1. The average molecular weight is 418 g/mol. The summed E-state index contributed by atoms with van der Waals surface area (Å²) < 4.78 is 33.5. The Balaban J connectivity index is 1.93. The number of nitrogens with one attached hydrogen (secondary N) is 1. The van der Waals surface area contributed by atoms with E-state index in [2.05, 4.69) is 14.7 Å². The molecule has 0 aliphatic rings. The molecule has 1 heterocycles. The number of hydrogen-bond acceptors (Lipinski definition) is 5. The van der Waals surface area contributed by atoms with Gasteiger partial charge in [0.05, 0.1) is 23.4 Å². The molecule has 0 unspecified atom stereocenters. The first-order valence-corrected chi connectivity index (χ1v) is 10.7. The highest BCUT2D eigenvalue weighted by Gasteiger charge is 2.19. The van der Waals surface area contributed by atoms with Crippen molar-refractivity contribution in [3.8, 4) is 17.1 Å². The molecule has 146 valence electrons. The number of unbranched alkanes of at least 4 members (excludes halogenated alkanes) is 1. The SMILES string of the molecule is CCCCOc1nc(-c2ccccc2)cnc1NS(=O)(=O)c1ccc(Cl)cc1. The minimum absolute atomic E-state index is 0.0470. The monoisotopic (exact) mass is 417 g/mol. The summed E-state index contributed by atoms with van der Waals surface area (Å²) in [6, 6.07) is 15.4. The molecule has 0 fully saturated rings. The van der Waals surface area contributed by atoms with E-state index in [4.69, 9.17) is 16.3 Å². The molecule has 1 aromatic heterocycles. The zero-order chi connectivity index (χ0) is 20.0. The number of nitrogens with zero attached hydrogens (tertiary/aromatic N) is 2. The van der Waals surface area contributed by atoms with E-state index in [0.29, 0.717) is 17.3 Å². The van der Waals surface area contributed by atoms with Gasteiger partial charge in [-0.15, -0.1) is 0 Å². The van der Waals surface area contributed by atoms with E-state index in [1.54, 1.807) is 0 Å². The summed E-state index contributed by atoms with van der Waals surface area (Å²) in [7, 11) is -3.85. The summed E-state index contributed by atoms with van der Waals surface area (Å²) in [5, 5.41) is 0.453. The maximum Gasteiger partial charge on any atom is 0.263 e. The van der Waals surface area contributed by atoms with Crippen LogP contribution in [0.3, 0.4) is 0 Å². The lowest BCUT2D eigenvalue weighted by Gasteiger charge is -2.13. The number of halogens is 1. The average Bonchev–Trinajstić information content (AvgIpc) is 2.70. The lowest BCUT2D eigenvalue weighted by Crippen LogP contribution is -2.16. The van der Waals surface area contributed by atoms with Gasteiger partial charge in [0.15, 0.2) is 0 Å². The smallest absolute Gasteiger partial charge is 0.263 e. The van der Waals surface area contributed by atoms with Crippen molar-refractivity contribution < 1.29 is 13.2 Å². The molecule has 0 aliphatic carbocycles. The molecule has 0 spiro atoms. The molecule has 3 rings (SSSR count). The lowest BCUT2D eigenvalue weighted by atomic mass is 10.2. The van der Waals surface area contributed by atoms with Gasteiger partial charge in [0.25, 0.3) is 15.9 Å². The first-order chi connectivity index (χ1) is 13.5. The van der Waals surface area contributed by atoms with E-state index in [0.717, 1.165) is 18.4 Å². The van der Waals surface area contributed by atoms with Crippen LogP contribution in [0.1, 0.15) is 19.8 Å². The van der Waals surface area contributed by atoms with Crippen LogP contribution in [0.25, 0.3) is 11.3 Å². The number of hydrogen-bond donors (Lipinski definition) is 1. The van der Waals surface area contributed by atoms with Crippen molar-refractivity contribution >= 4 is 27.4 Å².